The van der Waals surface area contributed by atoms with Gasteiger partial charge in [0.25, 0.3) is 5.91 Å². The Morgan fingerprint density at radius 1 is 0.958 bits per heavy atom. The lowest BCUT2D eigenvalue weighted by Gasteiger charge is -2.20. The molecule has 5 heteroatoms. The van der Waals surface area contributed by atoms with Gasteiger partial charge in [0.05, 0.1) is 26.9 Å². The molecule has 0 saturated heterocycles. The molecule has 0 bridgehead atoms. The second-order valence-electron chi connectivity index (χ2n) is 5.84. The number of benzene rings is 2. The number of ether oxygens (including phenoxy) is 3. The van der Waals surface area contributed by atoms with E-state index in [1.54, 1.807) is 33.5 Å². The molecule has 2 aromatic rings. The van der Waals surface area contributed by atoms with Crippen LogP contribution in [0.25, 0.3) is 0 Å². The van der Waals surface area contributed by atoms with Gasteiger partial charge in [-0.05, 0) is 48.7 Å². The number of carbonyl (C=O) groups excluding carboxylic acids is 1. The SMILES string of the molecule is COc1cccc(C(=O)NC2(c3ccc(OC)c(OC)c3)CC2)c1. The second-order valence-corrected chi connectivity index (χ2v) is 5.84. The molecule has 0 atom stereocenters. The van der Waals surface area contributed by atoms with Crippen LogP contribution in [0.3, 0.4) is 0 Å². The van der Waals surface area contributed by atoms with Gasteiger partial charge in [-0.15, -0.1) is 0 Å². The Morgan fingerprint density at radius 3 is 2.33 bits per heavy atom. The van der Waals surface area contributed by atoms with Crippen molar-refractivity contribution in [3.05, 3.63) is 53.6 Å². The average Bonchev–Trinajstić information content (AvgIpc) is 3.41. The third kappa shape index (κ3) is 3.02. The van der Waals surface area contributed by atoms with E-state index < -0.39 is 0 Å². The summed E-state index contributed by atoms with van der Waals surface area (Å²) in [6.45, 7) is 0. The van der Waals surface area contributed by atoms with E-state index >= 15 is 0 Å². The van der Waals surface area contributed by atoms with Gasteiger partial charge in [-0.1, -0.05) is 12.1 Å². The topological polar surface area (TPSA) is 56.8 Å². The third-order valence-electron chi connectivity index (χ3n) is 4.37. The number of nitrogens with one attached hydrogen (secondary N) is 1. The Labute approximate surface area is 141 Å². The Bertz CT molecular complexity index is 753. The van der Waals surface area contributed by atoms with E-state index in [2.05, 4.69) is 5.32 Å². The van der Waals surface area contributed by atoms with Crippen molar-refractivity contribution in [3.63, 3.8) is 0 Å². The minimum Gasteiger partial charge on any atom is -0.497 e. The molecule has 126 valence electrons. The van der Waals surface area contributed by atoms with Gasteiger partial charge in [0.2, 0.25) is 0 Å². The summed E-state index contributed by atoms with van der Waals surface area (Å²) in [6.07, 6.45) is 1.80. The fourth-order valence-electron chi connectivity index (χ4n) is 2.80. The summed E-state index contributed by atoms with van der Waals surface area (Å²) in [4.78, 5) is 12.6. The first-order chi connectivity index (χ1) is 11.6. The molecule has 0 aromatic heterocycles. The highest BCUT2D eigenvalue weighted by Gasteiger charge is 2.46. The highest BCUT2D eigenvalue weighted by atomic mass is 16.5. The van der Waals surface area contributed by atoms with E-state index in [9.17, 15) is 4.79 Å². The summed E-state index contributed by atoms with van der Waals surface area (Å²) in [5.74, 6) is 1.90. The monoisotopic (exact) mass is 327 g/mol. The van der Waals surface area contributed by atoms with Crippen LogP contribution in [0.15, 0.2) is 42.5 Å². The molecule has 0 radical (unpaired) electrons. The molecule has 1 aliphatic rings. The molecule has 0 heterocycles. The van der Waals surface area contributed by atoms with Crippen LogP contribution in [0.5, 0.6) is 17.2 Å². The van der Waals surface area contributed by atoms with Gasteiger partial charge in [-0.25, -0.2) is 0 Å². The summed E-state index contributed by atoms with van der Waals surface area (Å²) in [7, 11) is 4.80. The Morgan fingerprint density at radius 2 is 1.71 bits per heavy atom. The van der Waals surface area contributed by atoms with Crippen molar-refractivity contribution in [2.75, 3.05) is 21.3 Å². The summed E-state index contributed by atoms with van der Waals surface area (Å²) in [5, 5.41) is 3.15. The summed E-state index contributed by atoms with van der Waals surface area (Å²) >= 11 is 0. The molecular weight excluding hydrogens is 306 g/mol. The maximum absolute atomic E-state index is 12.6. The van der Waals surface area contributed by atoms with Gasteiger partial charge >= 0.3 is 0 Å². The predicted octanol–water partition coefficient (Wildman–Crippen LogP) is 3.13. The van der Waals surface area contributed by atoms with E-state index in [1.165, 1.54) is 0 Å². The zero-order valence-electron chi connectivity index (χ0n) is 14.1. The molecule has 1 aliphatic carbocycles. The van der Waals surface area contributed by atoms with Gasteiger partial charge in [0, 0.05) is 5.56 Å². The molecule has 1 saturated carbocycles. The second kappa shape index (κ2) is 6.43. The quantitative estimate of drug-likeness (QED) is 0.885. The molecule has 2 aromatic carbocycles. The molecule has 0 unspecified atom stereocenters. The van der Waals surface area contributed by atoms with E-state index in [-0.39, 0.29) is 11.4 Å². The fourth-order valence-corrected chi connectivity index (χ4v) is 2.80. The average molecular weight is 327 g/mol. The van der Waals surface area contributed by atoms with Gasteiger partial charge in [-0.3, -0.25) is 4.79 Å². The fraction of sp³-hybridized carbons (Fsp3) is 0.316. The zero-order valence-corrected chi connectivity index (χ0v) is 14.1. The zero-order chi connectivity index (χ0) is 17.2. The lowest BCUT2D eigenvalue weighted by Crippen LogP contribution is -2.34. The number of hydrogen-bond acceptors (Lipinski definition) is 4. The first-order valence-corrected chi connectivity index (χ1v) is 7.81. The van der Waals surface area contributed by atoms with Crippen LogP contribution in [0.1, 0.15) is 28.8 Å². The predicted molar refractivity (Wildman–Crippen MR) is 90.9 cm³/mol. The Kier molecular flexibility index (Phi) is 4.34. The molecule has 1 fully saturated rings. The maximum Gasteiger partial charge on any atom is 0.252 e. The molecule has 5 nitrogen and oxygen atoms in total. The lowest BCUT2D eigenvalue weighted by molar-refractivity contribution is 0.0930. The van der Waals surface area contributed by atoms with Gasteiger partial charge in [0.1, 0.15) is 5.75 Å². The van der Waals surface area contributed by atoms with Crippen molar-refractivity contribution in [1.29, 1.82) is 0 Å². The molecule has 3 rings (SSSR count). The number of hydrogen-bond donors (Lipinski definition) is 1. The molecule has 1 amide bonds. The summed E-state index contributed by atoms with van der Waals surface area (Å²) in [6, 6.07) is 12.9. The van der Waals surface area contributed by atoms with E-state index in [1.807, 2.05) is 30.3 Å². The van der Waals surface area contributed by atoms with Crippen LogP contribution in [0.4, 0.5) is 0 Å². The van der Waals surface area contributed by atoms with Crippen molar-refractivity contribution in [2.24, 2.45) is 0 Å². The Hall–Kier alpha value is -2.69. The minimum absolute atomic E-state index is 0.110. The van der Waals surface area contributed by atoms with E-state index in [4.69, 9.17) is 14.2 Å². The van der Waals surface area contributed by atoms with Crippen LogP contribution in [0, 0.1) is 0 Å². The smallest absolute Gasteiger partial charge is 0.252 e. The first kappa shape index (κ1) is 16.2. The highest BCUT2D eigenvalue weighted by molar-refractivity contribution is 5.95. The van der Waals surface area contributed by atoms with Crippen molar-refractivity contribution in [1.82, 2.24) is 5.32 Å². The highest BCUT2D eigenvalue weighted by Crippen LogP contribution is 2.47. The van der Waals surface area contributed by atoms with Crippen LogP contribution >= 0.6 is 0 Å². The molecule has 1 N–H and O–H groups in total. The van der Waals surface area contributed by atoms with Gasteiger partial charge in [0.15, 0.2) is 11.5 Å². The van der Waals surface area contributed by atoms with Crippen LogP contribution in [-0.2, 0) is 5.54 Å². The molecular formula is C19H21NO4. The number of carbonyl (C=O) groups is 1. The van der Waals surface area contributed by atoms with E-state index in [0.717, 1.165) is 18.4 Å². The van der Waals surface area contributed by atoms with E-state index in [0.29, 0.717) is 22.8 Å². The van der Waals surface area contributed by atoms with Crippen molar-refractivity contribution in [3.8, 4) is 17.2 Å². The van der Waals surface area contributed by atoms with Crippen molar-refractivity contribution < 1.29 is 19.0 Å². The third-order valence-corrected chi connectivity index (χ3v) is 4.37. The number of rotatable bonds is 6. The molecule has 24 heavy (non-hydrogen) atoms. The number of methoxy groups -OCH3 is 3. The summed E-state index contributed by atoms with van der Waals surface area (Å²) < 4.78 is 15.8. The molecule has 0 aliphatic heterocycles. The standard InChI is InChI=1S/C19H21NO4/c1-22-15-6-4-5-13(11-15)18(21)20-19(9-10-19)14-7-8-16(23-2)17(12-14)24-3/h4-8,11-12H,9-10H2,1-3H3,(H,20,21). The van der Waals surface area contributed by atoms with Crippen LogP contribution in [0.2, 0.25) is 0 Å². The maximum atomic E-state index is 12.6. The lowest BCUT2D eigenvalue weighted by atomic mass is 10.0. The normalized spacial score (nSPS) is 14.6. The van der Waals surface area contributed by atoms with Gasteiger partial charge in [-0.2, -0.15) is 0 Å². The van der Waals surface area contributed by atoms with Crippen molar-refractivity contribution >= 4 is 5.91 Å². The van der Waals surface area contributed by atoms with Crippen molar-refractivity contribution in [2.45, 2.75) is 18.4 Å². The first-order valence-electron chi connectivity index (χ1n) is 7.81. The largest absolute Gasteiger partial charge is 0.497 e. The number of amides is 1. The van der Waals surface area contributed by atoms with Crippen LogP contribution < -0.4 is 19.5 Å². The Balaban J connectivity index is 1.82. The van der Waals surface area contributed by atoms with Gasteiger partial charge < -0.3 is 19.5 Å². The minimum atomic E-state index is -0.334. The molecule has 0 spiro atoms. The summed E-state index contributed by atoms with van der Waals surface area (Å²) in [5.41, 5.74) is 1.28. The van der Waals surface area contributed by atoms with Crippen LogP contribution in [-0.4, -0.2) is 27.2 Å².